The molecule has 1 aromatic heterocycles. The van der Waals surface area contributed by atoms with Crippen LogP contribution < -0.4 is 10.2 Å². The molecule has 1 saturated heterocycles. The molecule has 2 heterocycles. The number of hydrogen-bond acceptors (Lipinski definition) is 3. The maximum atomic E-state index is 12.5. The molecule has 1 radical (unpaired) electrons. The van der Waals surface area contributed by atoms with E-state index in [0.717, 1.165) is 43.1 Å². The van der Waals surface area contributed by atoms with E-state index in [9.17, 15) is 4.79 Å². The number of hydrogen-bond donors (Lipinski definition) is 1. The van der Waals surface area contributed by atoms with Crippen LogP contribution in [0.4, 0.5) is 11.5 Å². The first-order valence-corrected chi connectivity index (χ1v) is 7.24. The molecule has 1 aromatic carbocycles. The molecule has 1 fully saturated rings. The zero-order chi connectivity index (χ0) is 14.7. The van der Waals surface area contributed by atoms with Crippen LogP contribution in [0.2, 0.25) is 0 Å². The lowest BCUT2D eigenvalue weighted by Gasteiger charge is -2.20. The largest absolute Gasteiger partial charge is 0.356 e. The second kappa shape index (κ2) is 5.95. The molecule has 4 nitrogen and oxygen atoms in total. The van der Waals surface area contributed by atoms with Gasteiger partial charge in [-0.3, -0.25) is 4.79 Å². The van der Waals surface area contributed by atoms with E-state index in [0.29, 0.717) is 5.56 Å². The molecule has 107 valence electrons. The van der Waals surface area contributed by atoms with E-state index < -0.39 is 0 Å². The van der Waals surface area contributed by atoms with Crippen molar-refractivity contribution < 1.29 is 4.79 Å². The minimum Gasteiger partial charge on any atom is -0.356 e. The van der Waals surface area contributed by atoms with Crippen molar-refractivity contribution in [3.8, 4) is 0 Å². The highest BCUT2D eigenvalue weighted by molar-refractivity contribution is 6.07. The number of aromatic nitrogens is 1. The fourth-order valence-corrected chi connectivity index (χ4v) is 2.56. The van der Waals surface area contributed by atoms with Crippen molar-refractivity contribution in [3.63, 3.8) is 0 Å². The van der Waals surface area contributed by atoms with Crippen molar-refractivity contribution >= 4 is 17.4 Å². The molecule has 0 unspecified atom stereocenters. The molecule has 3 rings (SSSR count). The van der Waals surface area contributed by atoms with Crippen LogP contribution in [0.3, 0.4) is 0 Å². The van der Waals surface area contributed by atoms with Crippen molar-refractivity contribution in [1.29, 1.82) is 0 Å². The number of carbonyl (C=O) groups is 1. The number of benzene rings is 1. The zero-order valence-corrected chi connectivity index (χ0v) is 12.1. The van der Waals surface area contributed by atoms with Crippen molar-refractivity contribution in [2.45, 2.75) is 19.8 Å². The summed E-state index contributed by atoms with van der Waals surface area (Å²) in [7, 11) is 0. The first-order chi connectivity index (χ1) is 10.2. The standard InChI is InChI=1S/C17H18N3O/c1-13-9-10-15(16(18-13)20-11-5-6-12-20)17(21)19-14-7-3-2-4-8-14/h3-4,7-10H,5-6,11-12H2,1H3,(H,19,21). The summed E-state index contributed by atoms with van der Waals surface area (Å²) in [6.07, 6.45) is 2.32. The van der Waals surface area contributed by atoms with Gasteiger partial charge in [0.2, 0.25) is 0 Å². The quantitative estimate of drug-likeness (QED) is 0.940. The van der Waals surface area contributed by atoms with Crippen LogP contribution in [0, 0.1) is 13.0 Å². The summed E-state index contributed by atoms with van der Waals surface area (Å²) < 4.78 is 0. The highest BCUT2D eigenvalue weighted by Gasteiger charge is 2.21. The van der Waals surface area contributed by atoms with Crippen LogP contribution in [0.15, 0.2) is 36.4 Å². The third-order valence-corrected chi connectivity index (χ3v) is 3.64. The Morgan fingerprint density at radius 2 is 1.90 bits per heavy atom. The van der Waals surface area contributed by atoms with E-state index in [1.165, 1.54) is 0 Å². The van der Waals surface area contributed by atoms with Crippen LogP contribution in [-0.4, -0.2) is 24.0 Å². The average Bonchev–Trinajstić information content (AvgIpc) is 3.02. The van der Waals surface area contributed by atoms with Crippen LogP contribution in [0.1, 0.15) is 28.9 Å². The Bertz CT molecular complexity index is 634. The van der Waals surface area contributed by atoms with Gasteiger partial charge < -0.3 is 10.2 Å². The van der Waals surface area contributed by atoms with Crippen LogP contribution in [0.25, 0.3) is 0 Å². The van der Waals surface area contributed by atoms with Gasteiger partial charge in [-0.25, -0.2) is 4.98 Å². The Balaban J connectivity index is 1.88. The molecule has 0 bridgehead atoms. The molecular weight excluding hydrogens is 262 g/mol. The predicted octanol–water partition coefficient (Wildman–Crippen LogP) is 3.04. The van der Waals surface area contributed by atoms with Gasteiger partial charge in [0.25, 0.3) is 5.91 Å². The molecule has 0 aliphatic carbocycles. The molecule has 0 atom stereocenters. The first kappa shape index (κ1) is 13.6. The van der Waals surface area contributed by atoms with Gasteiger partial charge in [-0.1, -0.05) is 12.1 Å². The molecule has 1 aliphatic heterocycles. The van der Waals surface area contributed by atoms with Crippen LogP contribution in [-0.2, 0) is 0 Å². The van der Waals surface area contributed by atoms with Gasteiger partial charge in [0.05, 0.1) is 5.56 Å². The Hall–Kier alpha value is -2.36. The molecule has 0 saturated carbocycles. The number of pyridine rings is 1. The summed E-state index contributed by atoms with van der Waals surface area (Å²) in [5.74, 6) is 0.683. The zero-order valence-electron chi connectivity index (χ0n) is 12.1. The minimum absolute atomic E-state index is 0.115. The number of nitrogens with zero attached hydrogens (tertiary/aromatic N) is 2. The summed E-state index contributed by atoms with van der Waals surface area (Å²) >= 11 is 0. The van der Waals surface area contributed by atoms with E-state index in [4.69, 9.17) is 0 Å². The SMILES string of the molecule is Cc1ccc(C(=O)Nc2cc[c]cc2)c(N2CCCC2)n1. The monoisotopic (exact) mass is 280 g/mol. The number of carbonyl (C=O) groups excluding carboxylic acids is 1. The average molecular weight is 280 g/mol. The van der Waals surface area contributed by atoms with Gasteiger partial charge in [0.15, 0.2) is 0 Å². The lowest BCUT2D eigenvalue weighted by atomic mass is 10.2. The molecule has 1 N–H and O–H groups in total. The number of anilines is 2. The van der Waals surface area contributed by atoms with E-state index in [1.54, 1.807) is 12.1 Å². The van der Waals surface area contributed by atoms with Gasteiger partial charge >= 0.3 is 0 Å². The fraction of sp³-hybridized carbons (Fsp3) is 0.294. The fourth-order valence-electron chi connectivity index (χ4n) is 2.56. The Morgan fingerprint density at radius 3 is 2.62 bits per heavy atom. The van der Waals surface area contributed by atoms with Crippen molar-refractivity contribution in [2.24, 2.45) is 0 Å². The number of aryl methyl sites for hydroxylation is 1. The molecule has 0 spiro atoms. The maximum absolute atomic E-state index is 12.5. The minimum atomic E-state index is -0.115. The van der Waals surface area contributed by atoms with Crippen molar-refractivity contribution in [2.75, 3.05) is 23.3 Å². The lowest BCUT2D eigenvalue weighted by Crippen LogP contribution is -2.24. The summed E-state index contributed by atoms with van der Waals surface area (Å²) in [6, 6.07) is 13.9. The second-order valence-electron chi connectivity index (χ2n) is 5.26. The third kappa shape index (κ3) is 3.05. The molecule has 1 aliphatic rings. The van der Waals surface area contributed by atoms with Crippen LogP contribution >= 0.6 is 0 Å². The highest BCUT2D eigenvalue weighted by atomic mass is 16.1. The second-order valence-corrected chi connectivity index (χ2v) is 5.26. The molecule has 4 heteroatoms. The predicted molar refractivity (Wildman–Crippen MR) is 83.7 cm³/mol. The number of rotatable bonds is 3. The summed E-state index contributed by atoms with van der Waals surface area (Å²) in [6.45, 7) is 3.89. The van der Waals surface area contributed by atoms with Gasteiger partial charge in [-0.15, -0.1) is 0 Å². The molecule has 1 amide bonds. The van der Waals surface area contributed by atoms with E-state index in [1.807, 2.05) is 31.2 Å². The number of amides is 1. The molecule has 21 heavy (non-hydrogen) atoms. The van der Waals surface area contributed by atoms with E-state index in [-0.39, 0.29) is 5.91 Å². The van der Waals surface area contributed by atoms with Gasteiger partial charge in [-0.05, 0) is 50.1 Å². The van der Waals surface area contributed by atoms with Crippen molar-refractivity contribution in [3.05, 3.63) is 53.7 Å². The van der Waals surface area contributed by atoms with E-state index >= 15 is 0 Å². The molecular formula is C17H18N3O. The van der Waals surface area contributed by atoms with Gasteiger partial charge in [-0.2, -0.15) is 0 Å². The Morgan fingerprint density at radius 1 is 1.19 bits per heavy atom. The molecule has 2 aromatic rings. The number of nitrogens with one attached hydrogen (secondary N) is 1. The van der Waals surface area contributed by atoms with Crippen LogP contribution in [0.5, 0.6) is 0 Å². The third-order valence-electron chi connectivity index (χ3n) is 3.64. The maximum Gasteiger partial charge on any atom is 0.259 e. The van der Waals surface area contributed by atoms with Gasteiger partial charge in [0.1, 0.15) is 5.82 Å². The Labute approximate surface area is 124 Å². The summed E-state index contributed by atoms with van der Waals surface area (Å²) in [4.78, 5) is 19.3. The van der Waals surface area contributed by atoms with Crippen molar-refractivity contribution in [1.82, 2.24) is 4.98 Å². The Kier molecular flexibility index (Phi) is 3.86. The lowest BCUT2D eigenvalue weighted by molar-refractivity contribution is 0.102. The topological polar surface area (TPSA) is 45.2 Å². The normalized spacial score (nSPS) is 14.2. The van der Waals surface area contributed by atoms with Gasteiger partial charge in [0, 0.05) is 24.5 Å². The first-order valence-electron chi connectivity index (χ1n) is 7.24. The summed E-state index contributed by atoms with van der Waals surface area (Å²) in [5.41, 5.74) is 2.34. The van der Waals surface area contributed by atoms with E-state index in [2.05, 4.69) is 21.3 Å². The smallest absolute Gasteiger partial charge is 0.259 e. The summed E-state index contributed by atoms with van der Waals surface area (Å²) in [5, 5.41) is 2.92. The highest BCUT2D eigenvalue weighted by Crippen LogP contribution is 2.23.